The van der Waals surface area contributed by atoms with E-state index in [2.05, 4.69) is 5.32 Å². The number of piperidine rings is 1. The molecule has 1 aromatic rings. The number of likely N-dealkylation sites (tertiary alicyclic amines) is 1. The van der Waals surface area contributed by atoms with E-state index in [9.17, 15) is 19.7 Å². The van der Waals surface area contributed by atoms with E-state index >= 15 is 0 Å². The normalized spacial score (nSPS) is 17.0. The molecule has 1 fully saturated rings. The van der Waals surface area contributed by atoms with Crippen LogP contribution in [0.3, 0.4) is 0 Å². The molecule has 136 valence electrons. The second kappa shape index (κ2) is 8.43. The van der Waals surface area contributed by atoms with Crippen LogP contribution in [-0.2, 0) is 4.79 Å². The van der Waals surface area contributed by atoms with Crippen molar-refractivity contribution in [2.24, 2.45) is 11.7 Å². The highest BCUT2D eigenvalue weighted by Crippen LogP contribution is 2.28. The van der Waals surface area contributed by atoms with Gasteiger partial charge in [0, 0.05) is 37.8 Å². The molecule has 1 aliphatic heterocycles. The summed E-state index contributed by atoms with van der Waals surface area (Å²) in [5.74, 6) is -0.651. The lowest BCUT2D eigenvalue weighted by molar-refractivity contribution is -0.385. The maximum atomic E-state index is 12.7. The van der Waals surface area contributed by atoms with Crippen LogP contribution in [0.5, 0.6) is 5.75 Å². The summed E-state index contributed by atoms with van der Waals surface area (Å²) in [6.45, 7) is 1.55. The first-order valence-corrected chi connectivity index (χ1v) is 8.07. The number of nitrogens with two attached hydrogens (primary N) is 1. The van der Waals surface area contributed by atoms with Crippen molar-refractivity contribution >= 4 is 17.5 Å². The second-order valence-corrected chi connectivity index (χ2v) is 5.81. The van der Waals surface area contributed by atoms with Gasteiger partial charge in [-0.15, -0.1) is 0 Å². The van der Waals surface area contributed by atoms with Gasteiger partial charge < -0.3 is 20.7 Å². The van der Waals surface area contributed by atoms with Gasteiger partial charge in [0.15, 0.2) is 5.75 Å². The fraction of sp³-hybridized carbons (Fsp3) is 0.500. The zero-order chi connectivity index (χ0) is 18.4. The first-order valence-electron chi connectivity index (χ1n) is 8.07. The number of ether oxygens (including phenoxy) is 1. The van der Waals surface area contributed by atoms with E-state index in [1.807, 2.05) is 0 Å². The summed E-state index contributed by atoms with van der Waals surface area (Å²) in [6.07, 6.45) is 1.40. The molecule has 9 nitrogen and oxygen atoms in total. The maximum absolute atomic E-state index is 12.7. The van der Waals surface area contributed by atoms with Crippen molar-refractivity contribution in [3.05, 3.63) is 33.9 Å². The highest BCUT2D eigenvalue weighted by atomic mass is 16.6. The van der Waals surface area contributed by atoms with E-state index in [4.69, 9.17) is 10.5 Å². The fourth-order valence-corrected chi connectivity index (χ4v) is 2.86. The van der Waals surface area contributed by atoms with Crippen LogP contribution < -0.4 is 15.8 Å². The van der Waals surface area contributed by atoms with Gasteiger partial charge in [0.2, 0.25) is 5.91 Å². The minimum absolute atomic E-state index is 0.0965. The Hall–Kier alpha value is -2.68. The highest BCUT2D eigenvalue weighted by molar-refractivity contribution is 5.95. The summed E-state index contributed by atoms with van der Waals surface area (Å²) in [6, 6.07) is 4.10. The Morgan fingerprint density at radius 2 is 2.24 bits per heavy atom. The average molecular weight is 350 g/mol. The molecule has 9 heteroatoms. The molecule has 0 radical (unpaired) electrons. The van der Waals surface area contributed by atoms with Gasteiger partial charge in [0.25, 0.3) is 5.91 Å². The number of nitro benzene ring substituents is 1. The maximum Gasteiger partial charge on any atom is 0.311 e. The van der Waals surface area contributed by atoms with Gasteiger partial charge >= 0.3 is 5.69 Å². The molecule has 3 N–H and O–H groups in total. The Labute approximate surface area is 145 Å². The lowest BCUT2D eigenvalue weighted by Crippen LogP contribution is -2.46. The SMILES string of the molecule is COc1ccc(C(=O)N2CCCC(C(=O)NCCN)C2)cc1[N+](=O)[O-]. The van der Waals surface area contributed by atoms with Gasteiger partial charge in [-0.25, -0.2) is 0 Å². The predicted molar refractivity (Wildman–Crippen MR) is 90.3 cm³/mol. The van der Waals surface area contributed by atoms with E-state index in [0.717, 1.165) is 0 Å². The smallest absolute Gasteiger partial charge is 0.311 e. The van der Waals surface area contributed by atoms with E-state index in [1.165, 1.54) is 25.3 Å². The summed E-state index contributed by atoms with van der Waals surface area (Å²) in [5, 5.41) is 13.8. The lowest BCUT2D eigenvalue weighted by atomic mass is 9.96. The van der Waals surface area contributed by atoms with Gasteiger partial charge in [-0.3, -0.25) is 19.7 Å². The van der Waals surface area contributed by atoms with Crippen molar-refractivity contribution in [3.8, 4) is 5.75 Å². The summed E-state index contributed by atoms with van der Waals surface area (Å²) in [4.78, 5) is 36.8. The molecule has 2 amide bonds. The standard InChI is InChI=1S/C16H22N4O5/c1-25-14-5-4-11(9-13(14)20(23)24)16(22)19-8-2-3-12(10-19)15(21)18-7-6-17/h4-5,9,12H,2-3,6-8,10,17H2,1H3,(H,18,21). The predicted octanol–water partition coefficient (Wildman–Crippen LogP) is 0.531. The summed E-state index contributed by atoms with van der Waals surface area (Å²) in [5.41, 5.74) is 5.32. The topological polar surface area (TPSA) is 128 Å². The molecule has 1 atom stereocenters. The van der Waals surface area contributed by atoms with E-state index in [1.54, 1.807) is 4.90 Å². The summed E-state index contributed by atoms with van der Waals surface area (Å²) < 4.78 is 4.94. The molecule has 1 unspecified atom stereocenters. The van der Waals surface area contributed by atoms with Crippen LogP contribution >= 0.6 is 0 Å². The largest absolute Gasteiger partial charge is 0.490 e. The van der Waals surface area contributed by atoms with Crippen LogP contribution in [0.15, 0.2) is 18.2 Å². The molecule has 1 heterocycles. The first kappa shape index (κ1) is 18.7. The number of nitro groups is 1. The number of rotatable bonds is 6. The molecule has 1 aromatic carbocycles. The van der Waals surface area contributed by atoms with E-state index < -0.39 is 4.92 Å². The Balaban J connectivity index is 2.13. The van der Waals surface area contributed by atoms with Crippen molar-refractivity contribution in [3.63, 3.8) is 0 Å². The summed E-state index contributed by atoms with van der Waals surface area (Å²) in [7, 11) is 1.33. The minimum Gasteiger partial charge on any atom is -0.490 e. The van der Waals surface area contributed by atoms with Gasteiger partial charge in [0.1, 0.15) is 0 Å². The number of nitrogens with one attached hydrogen (secondary N) is 1. The number of carbonyl (C=O) groups excluding carboxylic acids is 2. The van der Waals surface area contributed by atoms with Crippen molar-refractivity contribution in [2.45, 2.75) is 12.8 Å². The van der Waals surface area contributed by atoms with Gasteiger partial charge in [0.05, 0.1) is 18.0 Å². The number of hydrogen-bond donors (Lipinski definition) is 2. The number of nitrogens with zero attached hydrogens (tertiary/aromatic N) is 2. The van der Waals surface area contributed by atoms with Crippen molar-refractivity contribution in [1.82, 2.24) is 10.2 Å². The molecular weight excluding hydrogens is 328 g/mol. The Morgan fingerprint density at radius 3 is 2.88 bits per heavy atom. The number of carbonyl (C=O) groups is 2. The molecule has 1 saturated heterocycles. The zero-order valence-electron chi connectivity index (χ0n) is 14.1. The molecule has 0 bridgehead atoms. The number of benzene rings is 1. The molecule has 2 rings (SSSR count). The van der Waals surface area contributed by atoms with Gasteiger partial charge in [-0.1, -0.05) is 0 Å². The van der Waals surface area contributed by atoms with Crippen LogP contribution in [0.4, 0.5) is 5.69 Å². The van der Waals surface area contributed by atoms with Crippen LogP contribution in [0, 0.1) is 16.0 Å². The van der Waals surface area contributed by atoms with Crippen LogP contribution in [0.2, 0.25) is 0 Å². The summed E-state index contributed by atoms with van der Waals surface area (Å²) >= 11 is 0. The highest BCUT2D eigenvalue weighted by Gasteiger charge is 2.29. The second-order valence-electron chi connectivity index (χ2n) is 5.81. The minimum atomic E-state index is -0.588. The van der Waals surface area contributed by atoms with Gasteiger partial charge in [-0.05, 0) is 25.0 Å². The van der Waals surface area contributed by atoms with Crippen LogP contribution in [-0.4, -0.2) is 54.9 Å². The van der Waals surface area contributed by atoms with E-state index in [0.29, 0.717) is 32.5 Å². The monoisotopic (exact) mass is 350 g/mol. The molecule has 0 saturated carbocycles. The van der Waals surface area contributed by atoms with Crippen LogP contribution in [0.25, 0.3) is 0 Å². The Bertz CT molecular complexity index is 664. The van der Waals surface area contributed by atoms with E-state index in [-0.39, 0.29) is 41.3 Å². The molecular formula is C16H22N4O5. The van der Waals surface area contributed by atoms with Crippen molar-refractivity contribution in [2.75, 3.05) is 33.3 Å². The Morgan fingerprint density at radius 1 is 1.48 bits per heavy atom. The van der Waals surface area contributed by atoms with Gasteiger partial charge in [-0.2, -0.15) is 0 Å². The fourth-order valence-electron chi connectivity index (χ4n) is 2.86. The zero-order valence-corrected chi connectivity index (χ0v) is 14.1. The molecule has 0 spiro atoms. The Kier molecular flexibility index (Phi) is 6.29. The first-order chi connectivity index (χ1) is 12.0. The van der Waals surface area contributed by atoms with Crippen molar-refractivity contribution in [1.29, 1.82) is 0 Å². The molecule has 0 aliphatic carbocycles. The molecule has 1 aliphatic rings. The molecule has 0 aromatic heterocycles. The number of hydrogen-bond acceptors (Lipinski definition) is 6. The van der Waals surface area contributed by atoms with Crippen LogP contribution in [0.1, 0.15) is 23.2 Å². The average Bonchev–Trinajstić information content (AvgIpc) is 2.64. The van der Waals surface area contributed by atoms with Crippen molar-refractivity contribution < 1.29 is 19.2 Å². The lowest BCUT2D eigenvalue weighted by Gasteiger charge is -2.32. The number of methoxy groups -OCH3 is 1. The third-order valence-corrected chi connectivity index (χ3v) is 4.15. The quantitative estimate of drug-likeness (QED) is 0.569. The molecule has 25 heavy (non-hydrogen) atoms. The third kappa shape index (κ3) is 4.44. The third-order valence-electron chi connectivity index (χ3n) is 4.15. The number of amides is 2.